The quantitative estimate of drug-likeness (QED) is 0.374. The smallest absolute Gasteiger partial charge is 0.407 e. The van der Waals surface area contributed by atoms with Gasteiger partial charge in [-0.2, -0.15) is 0 Å². The van der Waals surface area contributed by atoms with E-state index in [0.717, 1.165) is 22.3 Å². The minimum Gasteiger partial charge on any atom is -0.480 e. The lowest BCUT2D eigenvalue weighted by molar-refractivity contribution is -0.156. The van der Waals surface area contributed by atoms with E-state index in [2.05, 4.69) is 5.32 Å². The number of carbonyl (C=O) groups is 3. The Hall–Kier alpha value is -4.17. The van der Waals surface area contributed by atoms with Gasteiger partial charge < -0.3 is 25.6 Å². The molecule has 2 atom stereocenters. The van der Waals surface area contributed by atoms with E-state index in [-0.39, 0.29) is 18.9 Å². The fraction of sp³-hybridized carbons (Fsp3) is 0.300. The van der Waals surface area contributed by atoms with Gasteiger partial charge in [0, 0.05) is 12.3 Å². The van der Waals surface area contributed by atoms with Gasteiger partial charge in [0.25, 0.3) is 0 Å². The van der Waals surface area contributed by atoms with E-state index in [1.165, 1.54) is 0 Å². The number of hydrogen-bond acceptors (Lipinski definition) is 6. The van der Waals surface area contributed by atoms with Crippen molar-refractivity contribution in [3.05, 3.63) is 95.1 Å². The summed E-state index contributed by atoms with van der Waals surface area (Å²) in [5.41, 5.74) is 10.8. The van der Waals surface area contributed by atoms with Crippen LogP contribution in [0.25, 0.3) is 11.1 Å². The molecule has 3 aromatic carbocycles. The van der Waals surface area contributed by atoms with Crippen molar-refractivity contribution in [2.75, 3.05) is 6.61 Å². The summed E-state index contributed by atoms with van der Waals surface area (Å²) in [4.78, 5) is 37.0. The largest absolute Gasteiger partial charge is 0.480 e. The van der Waals surface area contributed by atoms with Gasteiger partial charge in [-0.05, 0) is 54.2 Å². The molecule has 0 aliphatic heterocycles. The molecule has 1 aliphatic rings. The molecule has 4 rings (SSSR count). The predicted molar refractivity (Wildman–Crippen MR) is 143 cm³/mol. The van der Waals surface area contributed by atoms with Crippen molar-refractivity contribution in [3.8, 4) is 11.1 Å². The molecule has 0 aromatic heterocycles. The molecule has 0 spiro atoms. The number of fused-ring (bicyclic) bond motifs is 3. The fourth-order valence-electron chi connectivity index (χ4n) is 4.63. The number of amides is 1. The molecule has 8 nitrogen and oxygen atoms in total. The molecule has 8 heteroatoms. The number of benzene rings is 3. The third-order valence-corrected chi connectivity index (χ3v) is 6.34. The summed E-state index contributed by atoms with van der Waals surface area (Å²) in [5, 5.41) is 12.2. The molecule has 38 heavy (non-hydrogen) atoms. The molecule has 1 amide bonds. The summed E-state index contributed by atoms with van der Waals surface area (Å²) < 4.78 is 10.9. The van der Waals surface area contributed by atoms with Gasteiger partial charge in [0.15, 0.2) is 0 Å². The first-order valence-corrected chi connectivity index (χ1v) is 12.4. The van der Waals surface area contributed by atoms with Crippen LogP contribution in [0.4, 0.5) is 4.79 Å². The van der Waals surface area contributed by atoms with Crippen LogP contribution >= 0.6 is 0 Å². The summed E-state index contributed by atoms with van der Waals surface area (Å²) >= 11 is 0. The summed E-state index contributed by atoms with van der Waals surface area (Å²) in [6.07, 6.45) is -0.838. The molecule has 0 saturated carbocycles. The van der Waals surface area contributed by atoms with Gasteiger partial charge in [-0.3, -0.25) is 0 Å². The molecule has 0 radical (unpaired) electrons. The topological polar surface area (TPSA) is 128 Å². The second kappa shape index (κ2) is 11.1. The summed E-state index contributed by atoms with van der Waals surface area (Å²) in [7, 11) is 0. The van der Waals surface area contributed by atoms with Gasteiger partial charge in [-0.1, -0.05) is 72.8 Å². The van der Waals surface area contributed by atoms with Crippen LogP contribution in [0.1, 0.15) is 55.0 Å². The number of rotatable bonds is 8. The Labute approximate surface area is 221 Å². The van der Waals surface area contributed by atoms with E-state index >= 15 is 0 Å². The van der Waals surface area contributed by atoms with E-state index < -0.39 is 35.7 Å². The highest BCUT2D eigenvalue weighted by Gasteiger charge is 2.30. The van der Waals surface area contributed by atoms with E-state index in [0.29, 0.717) is 11.1 Å². The van der Waals surface area contributed by atoms with Crippen molar-refractivity contribution in [1.82, 2.24) is 5.32 Å². The minimum atomic E-state index is -1.24. The number of esters is 1. The van der Waals surface area contributed by atoms with Gasteiger partial charge in [-0.25, -0.2) is 14.4 Å². The van der Waals surface area contributed by atoms with Crippen LogP contribution in [0.3, 0.4) is 0 Å². The minimum absolute atomic E-state index is 0.0194. The highest BCUT2D eigenvalue weighted by Crippen LogP contribution is 2.44. The van der Waals surface area contributed by atoms with Crippen LogP contribution in [0, 0.1) is 0 Å². The van der Waals surface area contributed by atoms with Crippen molar-refractivity contribution in [2.45, 2.75) is 50.8 Å². The Bertz CT molecular complexity index is 1300. The lowest BCUT2D eigenvalue weighted by Crippen LogP contribution is -2.43. The molecule has 1 unspecified atom stereocenters. The van der Waals surface area contributed by atoms with Crippen molar-refractivity contribution in [2.24, 2.45) is 5.73 Å². The molecular weight excluding hydrogens is 484 g/mol. The lowest BCUT2D eigenvalue weighted by atomic mass is 9.98. The second-order valence-electron chi connectivity index (χ2n) is 10.3. The maximum Gasteiger partial charge on any atom is 0.407 e. The Morgan fingerprint density at radius 3 is 2.13 bits per heavy atom. The first kappa shape index (κ1) is 26.9. The number of alkyl carbamates (subject to hydrolysis) is 1. The molecule has 0 saturated heterocycles. The summed E-state index contributed by atoms with van der Waals surface area (Å²) in [5.74, 6) is -1.93. The first-order valence-electron chi connectivity index (χ1n) is 12.4. The molecule has 198 valence electrons. The number of nitrogens with one attached hydrogen (secondary N) is 1. The highest BCUT2D eigenvalue weighted by molar-refractivity contribution is 5.81. The number of carbonyl (C=O) groups excluding carboxylic acids is 2. The molecule has 4 N–H and O–H groups in total. The van der Waals surface area contributed by atoms with Crippen LogP contribution in [0.2, 0.25) is 0 Å². The third-order valence-electron chi connectivity index (χ3n) is 6.34. The fourth-order valence-corrected chi connectivity index (χ4v) is 4.63. The third kappa shape index (κ3) is 6.20. The maximum atomic E-state index is 12.6. The highest BCUT2D eigenvalue weighted by atomic mass is 16.6. The number of carboxylic acid groups (broad SMARTS) is 1. The normalized spacial score (nSPS) is 14.1. The average Bonchev–Trinajstić information content (AvgIpc) is 3.19. The van der Waals surface area contributed by atoms with Gasteiger partial charge in [0.2, 0.25) is 0 Å². The van der Waals surface area contributed by atoms with E-state index in [4.69, 9.17) is 15.2 Å². The predicted octanol–water partition coefficient (Wildman–Crippen LogP) is 4.56. The van der Waals surface area contributed by atoms with Crippen LogP contribution in [0.5, 0.6) is 0 Å². The van der Waals surface area contributed by atoms with E-state index in [1.807, 2.05) is 48.5 Å². The van der Waals surface area contributed by atoms with Crippen LogP contribution in [-0.4, -0.2) is 41.4 Å². The van der Waals surface area contributed by atoms with E-state index in [9.17, 15) is 19.5 Å². The monoisotopic (exact) mass is 516 g/mol. The van der Waals surface area contributed by atoms with Crippen molar-refractivity contribution in [1.29, 1.82) is 0 Å². The van der Waals surface area contributed by atoms with Crippen LogP contribution in [-0.2, 0) is 25.5 Å². The van der Waals surface area contributed by atoms with Gasteiger partial charge in [0.05, 0.1) is 0 Å². The molecule has 0 fully saturated rings. The van der Waals surface area contributed by atoms with Gasteiger partial charge >= 0.3 is 18.0 Å². The second-order valence-corrected chi connectivity index (χ2v) is 10.3. The Kier molecular flexibility index (Phi) is 7.83. The molecular formula is C30H32N2O6. The van der Waals surface area contributed by atoms with E-state index in [1.54, 1.807) is 45.0 Å². The number of aliphatic carboxylic acids is 1. The van der Waals surface area contributed by atoms with Crippen molar-refractivity contribution in [3.63, 3.8) is 0 Å². The molecule has 0 bridgehead atoms. The molecule has 3 aromatic rings. The van der Waals surface area contributed by atoms with Gasteiger partial charge in [-0.15, -0.1) is 0 Å². The first-order chi connectivity index (χ1) is 18.0. The molecule has 0 heterocycles. The standard InChI is InChI=1S/C30H32N2O6/c1-30(2,3)38-28(35)26(31)19-10-8-9-18(15-19)16-25(27(33)34)32-29(36)37-17-24-22-13-6-4-11-20(22)21-12-5-7-14-23(21)24/h4-15,24-26H,16-17,31H2,1-3H3,(H,32,36)(H,33,34)/t25-,26?/m1/s1. The zero-order valence-electron chi connectivity index (χ0n) is 21.6. The Morgan fingerprint density at radius 1 is 0.947 bits per heavy atom. The lowest BCUT2D eigenvalue weighted by Gasteiger charge is -2.22. The maximum absolute atomic E-state index is 12.6. The van der Waals surface area contributed by atoms with Crippen molar-refractivity contribution >= 4 is 18.0 Å². The SMILES string of the molecule is CC(C)(C)OC(=O)C(N)c1cccc(C[C@@H](NC(=O)OCC2c3ccccc3-c3ccccc32)C(=O)O)c1. The zero-order valence-corrected chi connectivity index (χ0v) is 21.6. The Morgan fingerprint density at radius 2 is 1.55 bits per heavy atom. The summed E-state index contributed by atoms with van der Waals surface area (Å²) in [6, 6.07) is 20.4. The van der Waals surface area contributed by atoms with Crippen LogP contribution < -0.4 is 11.1 Å². The summed E-state index contributed by atoms with van der Waals surface area (Å²) in [6.45, 7) is 5.33. The van der Waals surface area contributed by atoms with Crippen LogP contribution in [0.15, 0.2) is 72.8 Å². The Balaban J connectivity index is 1.40. The number of nitrogens with two attached hydrogens (primary N) is 1. The zero-order chi connectivity index (χ0) is 27.4. The molecule has 1 aliphatic carbocycles. The van der Waals surface area contributed by atoms with Crippen molar-refractivity contribution < 1.29 is 29.0 Å². The number of hydrogen-bond donors (Lipinski definition) is 3. The van der Waals surface area contributed by atoms with Gasteiger partial charge in [0.1, 0.15) is 24.3 Å². The number of ether oxygens (including phenoxy) is 2. The number of carboxylic acids is 1. The average molecular weight is 517 g/mol.